The molecule has 5 heteroatoms. The van der Waals surface area contributed by atoms with Crippen LogP contribution in [0.4, 0.5) is 0 Å². The number of hydrogen-bond donors (Lipinski definition) is 2. The first kappa shape index (κ1) is 14.6. The summed E-state index contributed by atoms with van der Waals surface area (Å²) in [5.74, 6) is 5.58. The number of hydrogen-bond acceptors (Lipinski definition) is 5. The first-order valence-corrected chi connectivity index (χ1v) is 6.77. The van der Waals surface area contributed by atoms with Crippen LogP contribution in [0.3, 0.4) is 0 Å². The number of nitrogens with one attached hydrogen (secondary N) is 1. The van der Waals surface area contributed by atoms with Gasteiger partial charge in [-0.2, -0.15) is 0 Å². The highest BCUT2D eigenvalue weighted by Gasteiger charge is 2.19. The Balaban J connectivity index is 2.44. The maximum atomic E-state index is 5.58. The molecule has 0 saturated heterocycles. The highest BCUT2D eigenvalue weighted by Crippen LogP contribution is 2.18. The highest BCUT2D eigenvalue weighted by molar-refractivity contribution is 7.09. The minimum Gasteiger partial charge on any atom is -0.379 e. The largest absolute Gasteiger partial charge is 0.379 e. The molecule has 0 saturated carbocycles. The van der Waals surface area contributed by atoms with Gasteiger partial charge in [0.1, 0.15) is 0 Å². The van der Waals surface area contributed by atoms with Crippen molar-refractivity contribution < 1.29 is 4.74 Å². The fraction of sp³-hybridized carbons (Fsp3) is 0.750. The molecule has 1 aromatic heterocycles. The van der Waals surface area contributed by atoms with E-state index in [2.05, 4.69) is 29.6 Å². The van der Waals surface area contributed by atoms with Gasteiger partial charge in [-0.05, 0) is 33.6 Å². The van der Waals surface area contributed by atoms with Gasteiger partial charge in [-0.15, -0.1) is 11.3 Å². The predicted octanol–water partition coefficient (Wildman–Crippen LogP) is 2.03. The topological polar surface area (TPSA) is 60.2 Å². The number of ether oxygens (including phenoxy) is 1. The molecule has 17 heavy (non-hydrogen) atoms. The molecule has 0 spiro atoms. The van der Waals surface area contributed by atoms with Crippen molar-refractivity contribution in [1.82, 2.24) is 10.4 Å². The molecule has 0 amide bonds. The molecule has 1 unspecified atom stereocenters. The van der Waals surface area contributed by atoms with Crippen LogP contribution in [0.1, 0.15) is 37.4 Å². The summed E-state index contributed by atoms with van der Waals surface area (Å²) in [4.78, 5) is 4.45. The van der Waals surface area contributed by atoms with E-state index in [0.717, 1.165) is 30.0 Å². The Morgan fingerprint density at radius 3 is 2.76 bits per heavy atom. The number of nitrogens with two attached hydrogens (primary N) is 1. The monoisotopic (exact) mass is 257 g/mol. The molecule has 0 aliphatic carbocycles. The number of nitrogens with zero attached hydrogens (tertiary/aromatic N) is 1. The summed E-state index contributed by atoms with van der Waals surface area (Å²) >= 11 is 1.68. The Kier molecular flexibility index (Phi) is 5.52. The number of thiazole rings is 1. The van der Waals surface area contributed by atoms with Crippen molar-refractivity contribution in [3.8, 4) is 0 Å². The number of hydrazine groups is 1. The lowest BCUT2D eigenvalue weighted by molar-refractivity contribution is 0.0117. The van der Waals surface area contributed by atoms with E-state index >= 15 is 0 Å². The standard InChI is InChI=1S/C12H23N3OS/c1-9-14-11(8-17-9)7-10(15-13)5-6-12(2,3)16-4/h8,10,15H,5-7,13H2,1-4H3. The molecule has 0 aromatic carbocycles. The first-order valence-electron chi connectivity index (χ1n) is 5.89. The summed E-state index contributed by atoms with van der Waals surface area (Å²) in [5, 5.41) is 3.20. The van der Waals surface area contributed by atoms with E-state index in [1.165, 1.54) is 0 Å². The fourth-order valence-corrected chi connectivity index (χ4v) is 2.25. The zero-order valence-electron chi connectivity index (χ0n) is 11.1. The summed E-state index contributed by atoms with van der Waals surface area (Å²) in [5.41, 5.74) is 3.89. The zero-order chi connectivity index (χ0) is 12.9. The van der Waals surface area contributed by atoms with E-state index in [4.69, 9.17) is 10.6 Å². The molecule has 1 aromatic rings. The van der Waals surface area contributed by atoms with Crippen molar-refractivity contribution in [2.45, 2.75) is 51.7 Å². The van der Waals surface area contributed by atoms with Gasteiger partial charge >= 0.3 is 0 Å². The Labute approximate surface area is 108 Å². The molecule has 98 valence electrons. The molecule has 0 fully saturated rings. The second kappa shape index (κ2) is 6.44. The lowest BCUT2D eigenvalue weighted by Crippen LogP contribution is -2.38. The van der Waals surface area contributed by atoms with Crippen molar-refractivity contribution in [3.05, 3.63) is 16.1 Å². The minimum absolute atomic E-state index is 0.0902. The van der Waals surface area contributed by atoms with Gasteiger partial charge in [-0.3, -0.25) is 11.3 Å². The molecule has 1 heterocycles. The van der Waals surface area contributed by atoms with Crippen molar-refractivity contribution in [2.75, 3.05) is 7.11 Å². The Bertz CT molecular complexity index is 338. The van der Waals surface area contributed by atoms with Gasteiger partial charge in [0.25, 0.3) is 0 Å². The first-order chi connectivity index (χ1) is 7.96. The molecule has 0 aliphatic heterocycles. The van der Waals surface area contributed by atoms with E-state index in [-0.39, 0.29) is 11.6 Å². The number of aryl methyl sites for hydroxylation is 1. The van der Waals surface area contributed by atoms with Crippen LogP contribution in [0.5, 0.6) is 0 Å². The average molecular weight is 257 g/mol. The molecule has 1 rings (SSSR count). The lowest BCUT2D eigenvalue weighted by atomic mass is 9.97. The third-order valence-electron chi connectivity index (χ3n) is 3.01. The third-order valence-corrected chi connectivity index (χ3v) is 3.83. The van der Waals surface area contributed by atoms with Gasteiger partial charge in [0.2, 0.25) is 0 Å². The Morgan fingerprint density at radius 1 is 1.59 bits per heavy atom. The predicted molar refractivity (Wildman–Crippen MR) is 72.0 cm³/mol. The molecular formula is C12H23N3OS. The lowest BCUT2D eigenvalue weighted by Gasteiger charge is -2.25. The van der Waals surface area contributed by atoms with Crippen LogP contribution < -0.4 is 11.3 Å². The van der Waals surface area contributed by atoms with Crippen LogP contribution in [-0.4, -0.2) is 23.7 Å². The molecule has 0 bridgehead atoms. The van der Waals surface area contributed by atoms with Gasteiger partial charge in [-0.1, -0.05) is 0 Å². The van der Waals surface area contributed by atoms with Gasteiger partial charge in [-0.25, -0.2) is 4.98 Å². The van der Waals surface area contributed by atoms with E-state index in [9.17, 15) is 0 Å². The molecule has 0 radical (unpaired) electrons. The van der Waals surface area contributed by atoms with Gasteiger partial charge in [0.05, 0.1) is 16.3 Å². The van der Waals surface area contributed by atoms with Crippen molar-refractivity contribution in [2.24, 2.45) is 5.84 Å². The summed E-state index contributed by atoms with van der Waals surface area (Å²) in [7, 11) is 1.74. The maximum Gasteiger partial charge on any atom is 0.0897 e. The van der Waals surface area contributed by atoms with Crippen LogP contribution in [-0.2, 0) is 11.2 Å². The number of methoxy groups -OCH3 is 1. The van der Waals surface area contributed by atoms with E-state index in [1.807, 2.05) is 6.92 Å². The van der Waals surface area contributed by atoms with Crippen LogP contribution in [0.2, 0.25) is 0 Å². The molecule has 1 atom stereocenters. The molecular weight excluding hydrogens is 234 g/mol. The second-order valence-electron chi connectivity index (χ2n) is 4.93. The van der Waals surface area contributed by atoms with E-state index in [1.54, 1.807) is 18.4 Å². The van der Waals surface area contributed by atoms with Crippen LogP contribution in [0, 0.1) is 6.92 Å². The smallest absolute Gasteiger partial charge is 0.0897 e. The van der Waals surface area contributed by atoms with Gasteiger partial charge < -0.3 is 4.74 Å². The third kappa shape index (κ3) is 5.12. The summed E-state index contributed by atoms with van der Waals surface area (Å²) in [6.07, 6.45) is 2.83. The average Bonchev–Trinajstić information content (AvgIpc) is 2.70. The van der Waals surface area contributed by atoms with Crippen molar-refractivity contribution in [1.29, 1.82) is 0 Å². The van der Waals surface area contributed by atoms with Gasteiger partial charge in [0.15, 0.2) is 0 Å². The van der Waals surface area contributed by atoms with Crippen molar-refractivity contribution in [3.63, 3.8) is 0 Å². The summed E-state index contributed by atoms with van der Waals surface area (Å²) in [6.45, 7) is 6.20. The number of aromatic nitrogens is 1. The molecule has 4 nitrogen and oxygen atoms in total. The van der Waals surface area contributed by atoms with E-state index < -0.39 is 0 Å². The van der Waals surface area contributed by atoms with Crippen LogP contribution >= 0.6 is 11.3 Å². The Morgan fingerprint density at radius 2 is 2.29 bits per heavy atom. The maximum absolute atomic E-state index is 5.58. The van der Waals surface area contributed by atoms with Crippen molar-refractivity contribution >= 4 is 11.3 Å². The highest BCUT2D eigenvalue weighted by atomic mass is 32.1. The van der Waals surface area contributed by atoms with Gasteiger partial charge in [0, 0.05) is 25.0 Å². The molecule has 0 aliphatic rings. The zero-order valence-corrected chi connectivity index (χ0v) is 11.9. The van der Waals surface area contributed by atoms with Crippen LogP contribution in [0.25, 0.3) is 0 Å². The van der Waals surface area contributed by atoms with Crippen LogP contribution in [0.15, 0.2) is 5.38 Å². The minimum atomic E-state index is -0.0902. The van der Waals surface area contributed by atoms with E-state index in [0.29, 0.717) is 0 Å². The summed E-state index contributed by atoms with van der Waals surface area (Å²) in [6, 6.07) is 0.255. The quantitative estimate of drug-likeness (QED) is 0.579. The Hall–Kier alpha value is -0.490. The SMILES string of the molecule is COC(C)(C)CCC(Cc1csc(C)n1)NN. The molecule has 3 N–H and O–H groups in total. The number of rotatable bonds is 7. The second-order valence-corrected chi connectivity index (χ2v) is 5.99. The summed E-state index contributed by atoms with van der Waals surface area (Å²) < 4.78 is 5.40. The fourth-order valence-electron chi connectivity index (χ4n) is 1.62. The normalized spacial score (nSPS) is 13.9.